The summed E-state index contributed by atoms with van der Waals surface area (Å²) in [5, 5.41) is 1.08. The second-order valence-electron chi connectivity index (χ2n) is 4.21. The first-order valence-electron chi connectivity index (χ1n) is 5.62. The molecule has 1 nitrogen and oxygen atoms in total. The summed E-state index contributed by atoms with van der Waals surface area (Å²) in [5.41, 5.74) is 7.60. The molecule has 2 aromatic rings. The Labute approximate surface area is 129 Å². The standard InChI is InChI=1S/C14H11BrCl2FN/c15-9-1-3-11(13(17)7-9)14(19)6-8-5-10(18)2-4-12(8)16/h1-5,7,14H,6,19H2. The van der Waals surface area contributed by atoms with E-state index in [9.17, 15) is 4.39 Å². The van der Waals surface area contributed by atoms with Crippen LogP contribution in [0, 0.1) is 5.82 Å². The fourth-order valence-electron chi connectivity index (χ4n) is 1.85. The van der Waals surface area contributed by atoms with E-state index in [0.717, 1.165) is 10.0 Å². The highest BCUT2D eigenvalue weighted by Gasteiger charge is 2.13. The first-order chi connectivity index (χ1) is 8.97. The maximum absolute atomic E-state index is 13.2. The number of rotatable bonds is 3. The lowest BCUT2D eigenvalue weighted by atomic mass is 9.99. The molecule has 1 unspecified atom stereocenters. The third-order valence-corrected chi connectivity index (χ3v) is 4.00. The molecule has 0 heterocycles. The Kier molecular flexibility index (Phi) is 4.85. The van der Waals surface area contributed by atoms with Crippen molar-refractivity contribution < 1.29 is 4.39 Å². The van der Waals surface area contributed by atoms with Gasteiger partial charge in [-0.05, 0) is 47.9 Å². The Hall–Kier alpha value is -0.610. The first-order valence-corrected chi connectivity index (χ1v) is 7.16. The van der Waals surface area contributed by atoms with E-state index in [1.807, 2.05) is 12.1 Å². The van der Waals surface area contributed by atoms with Crippen molar-refractivity contribution in [3.8, 4) is 0 Å². The third-order valence-electron chi connectivity index (χ3n) is 2.81. The van der Waals surface area contributed by atoms with Crippen molar-refractivity contribution in [3.05, 3.63) is 67.9 Å². The van der Waals surface area contributed by atoms with Gasteiger partial charge in [0.15, 0.2) is 0 Å². The van der Waals surface area contributed by atoms with Crippen LogP contribution in [0.5, 0.6) is 0 Å². The fourth-order valence-corrected chi connectivity index (χ4v) is 2.86. The van der Waals surface area contributed by atoms with E-state index in [1.54, 1.807) is 6.07 Å². The molecule has 0 aromatic heterocycles. The minimum Gasteiger partial charge on any atom is -0.324 e. The van der Waals surface area contributed by atoms with Crippen LogP contribution in [0.2, 0.25) is 10.0 Å². The van der Waals surface area contributed by atoms with E-state index >= 15 is 0 Å². The molecule has 1 atom stereocenters. The summed E-state index contributed by atoms with van der Waals surface area (Å²) < 4.78 is 14.1. The SMILES string of the molecule is NC(Cc1cc(F)ccc1Cl)c1ccc(Br)cc1Cl. The van der Waals surface area contributed by atoms with E-state index in [1.165, 1.54) is 18.2 Å². The van der Waals surface area contributed by atoms with Gasteiger partial charge in [-0.15, -0.1) is 0 Å². The van der Waals surface area contributed by atoms with Gasteiger partial charge in [-0.2, -0.15) is 0 Å². The molecule has 19 heavy (non-hydrogen) atoms. The molecular formula is C14H11BrCl2FN. The Morgan fingerprint density at radius 1 is 1.11 bits per heavy atom. The van der Waals surface area contributed by atoms with Crippen molar-refractivity contribution in [2.45, 2.75) is 12.5 Å². The lowest BCUT2D eigenvalue weighted by Gasteiger charge is -2.15. The molecule has 0 aliphatic carbocycles. The summed E-state index contributed by atoms with van der Waals surface area (Å²) in [6.45, 7) is 0. The van der Waals surface area contributed by atoms with Crippen LogP contribution in [-0.2, 0) is 6.42 Å². The van der Waals surface area contributed by atoms with E-state index < -0.39 is 0 Å². The Morgan fingerprint density at radius 3 is 2.53 bits per heavy atom. The van der Waals surface area contributed by atoms with Gasteiger partial charge in [-0.1, -0.05) is 45.2 Å². The molecule has 0 spiro atoms. The zero-order valence-corrected chi connectivity index (χ0v) is 12.9. The molecule has 2 aromatic carbocycles. The molecule has 2 rings (SSSR count). The molecule has 0 saturated carbocycles. The van der Waals surface area contributed by atoms with Crippen molar-refractivity contribution in [3.63, 3.8) is 0 Å². The van der Waals surface area contributed by atoms with Gasteiger partial charge < -0.3 is 5.73 Å². The van der Waals surface area contributed by atoms with Crippen LogP contribution in [0.1, 0.15) is 17.2 Å². The van der Waals surface area contributed by atoms with E-state index in [-0.39, 0.29) is 11.9 Å². The highest BCUT2D eigenvalue weighted by atomic mass is 79.9. The maximum Gasteiger partial charge on any atom is 0.123 e. The molecular weight excluding hydrogens is 352 g/mol. The molecule has 5 heteroatoms. The van der Waals surface area contributed by atoms with Crippen LogP contribution in [0.4, 0.5) is 4.39 Å². The van der Waals surface area contributed by atoms with E-state index in [2.05, 4.69) is 15.9 Å². The first kappa shape index (κ1) is 14.8. The van der Waals surface area contributed by atoms with Gasteiger partial charge in [-0.3, -0.25) is 0 Å². The normalized spacial score (nSPS) is 12.5. The number of halogens is 4. The summed E-state index contributed by atoms with van der Waals surface area (Å²) in [6, 6.07) is 9.42. The van der Waals surface area contributed by atoms with Crippen LogP contribution in [0.3, 0.4) is 0 Å². The van der Waals surface area contributed by atoms with Gasteiger partial charge >= 0.3 is 0 Å². The molecule has 0 aliphatic rings. The van der Waals surface area contributed by atoms with Crippen molar-refractivity contribution in [2.75, 3.05) is 0 Å². The van der Waals surface area contributed by atoms with Crippen molar-refractivity contribution in [2.24, 2.45) is 5.73 Å². The minimum absolute atomic E-state index is 0.325. The monoisotopic (exact) mass is 361 g/mol. The average Bonchev–Trinajstić information content (AvgIpc) is 2.33. The van der Waals surface area contributed by atoms with E-state index in [0.29, 0.717) is 22.0 Å². The van der Waals surface area contributed by atoms with E-state index in [4.69, 9.17) is 28.9 Å². The van der Waals surface area contributed by atoms with Gasteiger partial charge in [0, 0.05) is 20.6 Å². The van der Waals surface area contributed by atoms with Crippen molar-refractivity contribution in [1.82, 2.24) is 0 Å². The molecule has 0 saturated heterocycles. The number of benzene rings is 2. The summed E-state index contributed by atoms with van der Waals surface area (Å²) >= 11 is 15.5. The zero-order valence-electron chi connectivity index (χ0n) is 9.84. The molecule has 0 amide bonds. The summed E-state index contributed by atoms with van der Waals surface area (Å²) in [7, 11) is 0. The van der Waals surface area contributed by atoms with Gasteiger partial charge in [0.05, 0.1) is 0 Å². The third kappa shape index (κ3) is 3.69. The van der Waals surface area contributed by atoms with Crippen molar-refractivity contribution >= 4 is 39.1 Å². The Balaban J connectivity index is 2.25. The smallest absolute Gasteiger partial charge is 0.123 e. The van der Waals surface area contributed by atoms with Crippen LogP contribution < -0.4 is 5.73 Å². The molecule has 0 radical (unpaired) electrons. The van der Waals surface area contributed by atoms with Crippen LogP contribution in [-0.4, -0.2) is 0 Å². The molecule has 100 valence electrons. The van der Waals surface area contributed by atoms with Gasteiger partial charge in [0.1, 0.15) is 5.82 Å². The molecule has 0 bridgehead atoms. The maximum atomic E-state index is 13.2. The van der Waals surface area contributed by atoms with Gasteiger partial charge in [-0.25, -0.2) is 4.39 Å². The number of hydrogen-bond acceptors (Lipinski definition) is 1. The largest absolute Gasteiger partial charge is 0.324 e. The zero-order chi connectivity index (χ0) is 14.0. The molecule has 0 fully saturated rings. The fraction of sp³-hybridized carbons (Fsp3) is 0.143. The predicted molar refractivity (Wildman–Crippen MR) is 81.2 cm³/mol. The Morgan fingerprint density at radius 2 is 1.84 bits per heavy atom. The number of nitrogens with two attached hydrogens (primary N) is 1. The highest BCUT2D eigenvalue weighted by Crippen LogP contribution is 2.29. The summed E-state index contributed by atoms with van der Waals surface area (Å²) in [6.07, 6.45) is 0.429. The lowest BCUT2D eigenvalue weighted by molar-refractivity contribution is 0.622. The van der Waals surface area contributed by atoms with Gasteiger partial charge in [0.2, 0.25) is 0 Å². The van der Waals surface area contributed by atoms with Crippen LogP contribution in [0.25, 0.3) is 0 Å². The second-order valence-corrected chi connectivity index (χ2v) is 5.94. The minimum atomic E-state index is -0.333. The highest BCUT2D eigenvalue weighted by molar-refractivity contribution is 9.10. The lowest BCUT2D eigenvalue weighted by Crippen LogP contribution is -2.14. The quantitative estimate of drug-likeness (QED) is 0.803. The Bertz CT molecular complexity index is 604. The number of hydrogen-bond donors (Lipinski definition) is 1. The summed E-state index contributed by atoms with van der Waals surface area (Å²) in [4.78, 5) is 0. The summed E-state index contributed by atoms with van der Waals surface area (Å²) in [5.74, 6) is -0.325. The molecule has 2 N–H and O–H groups in total. The molecule has 0 aliphatic heterocycles. The van der Waals surface area contributed by atoms with Crippen LogP contribution >= 0.6 is 39.1 Å². The average molecular weight is 363 g/mol. The van der Waals surface area contributed by atoms with Gasteiger partial charge in [0.25, 0.3) is 0 Å². The van der Waals surface area contributed by atoms with Crippen LogP contribution in [0.15, 0.2) is 40.9 Å². The second kappa shape index (κ2) is 6.23. The topological polar surface area (TPSA) is 26.0 Å². The van der Waals surface area contributed by atoms with Crippen molar-refractivity contribution in [1.29, 1.82) is 0 Å². The predicted octanol–water partition coefficient (Wildman–Crippen LogP) is 5.14.